The molecule has 0 saturated carbocycles. The van der Waals surface area contributed by atoms with Crippen LogP contribution in [0, 0.1) is 0 Å². The molecule has 0 amide bonds. The van der Waals surface area contributed by atoms with Crippen LogP contribution in [0.4, 0.5) is 43.9 Å². The van der Waals surface area contributed by atoms with E-state index in [0.29, 0.717) is 0 Å². The van der Waals surface area contributed by atoms with Crippen LogP contribution in [0.1, 0.15) is 0 Å². The minimum absolute atomic E-state index is 0. The molecular weight excluding hydrogens is 335 g/mol. The van der Waals surface area contributed by atoms with Crippen molar-refractivity contribution >= 4 is 5.97 Å². The number of hydrogen-bond acceptors (Lipinski definition) is 3. The molecule has 0 bridgehead atoms. The van der Waals surface area contributed by atoms with Crippen LogP contribution in [0.3, 0.4) is 0 Å². The summed E-state index contributed by atoms with van der Waals surface area (Å²) in [6, 6.07) is 0. The molecule has 19 heavy (non-hydrogen) atoms. The molecule has 0 spiro atoms. The van der Waals surface area contributed by atoms with Crippen molar-refractivity contribution in [2.75, 3.05) is 0 Å². The number of carboxylic acids is 1. The summed E-state index contributed by atoms with van der Waals surface area (Å²) in [5, 5.41) is 9.75. The largest absolute Gasteiger partial charge is 1.00 e. The molecule has 0 N–H and O–H groups in total. The van der Waals surface area contributed by atoms with Gasteiger partial charge in [-0.15, -0.1) is 0 Å². The van der Waals surface area contributed by atoms with Crippen molar-refractivity contribution in [1.82, 2.24) is 4.90 Å². The van der Waals surface area contributed by atoms with Crippen LogP contribution in [0.2, 0.25) is 0 Å². The van der Waals surface area contributed by atoms with Gasteiger partial charge in [0.15, 0.2) is 0 Å². The molecule has 0 rings (SSSR count). The molecule has 108 valence electrons. The first-order valence-electron chi connectivity index (χ1n) is 3.47. The van der Waals surface area contributed by atoms with E-state index in [1.807, 2.05) is 0 Å². The predicted octanol–water partition coefficient (Wildman–Crippen LogP) is -1.69. The first kappa shape index (κ1) is 21.7. The first-order valence-corrected chi connectivity index (χ1v) is 3.47. The summed E-state index contributed by atoms with van der Waals surface area (Å²) >= 11 is 0. The quantitative estimate of drug-likeness (QED) is 0.344. The summed E-state index contributed by atoms with van der Waals surface area (Å²) in [6.07, 6.45) is -21.0. The summed E-state index contributed by atoms with van der Waals surface area (Å²) in [5.74, 6) is -11.0. The van der Waals surface area contributed by atoms with Gasteiger partial charge in [-0.25, -0.2) is 4.39 Å². The van der Waals surface area contributed by atoms with Gasteiger partial charge >= 0.3 is 76.0 Å². The Labute approximate surface area is 139 Å². The number of rotatable bonds is 2. The minimum atomic E-state index is -7.03. The van der Waals surface area contributed by atoms with Gasteiger partial charge in [0.25, 0.3) is 0 Å². The van der Waals surface area contributed by atoms with E-state index in [-0.39, 0.29) is 51.4 Å². The van der Waals surface area contributed by atoms with Crippen molar-refractivity contribution in [1.29, 1.82) is 0 Å². The van der Waals surface area contributed by atoms with Crippen molar-refractivity contribution in [2.45, 2.75) is 24.6 Å². The monoisotopic (exact) mass is 335 g/mol. The minimum Gasteiger partial charge on any atom is -0.545 e. The zero-order chi connectivity index (χ0) is 15.2. The third-order valence-corrected chi connectivity index (χ3v) is 1.46. The van der Waals surface area contributed by atoms with Crippen molar-refractivity contribution in [3.63, 3.8) is 0 Å². The van der Waals surface area contributed by atoms with E-state index in [4.69, 9.17) is 0 Å². The second-order valence-electron chi connectivity index (χ2n) is 2.68. The van der Waals surface area contributed by atoms with Crippen molar-refractivity contribution in [3.8, 4) is 0 Å². The first-order chi connectivity index (χ1) is 7.56. The van der Waals surface area contributed by atoms with Crippen molar-refractivity contribution in [2.24, 2.45) is 0 Å². The van der Waals surface area contributed by atoms with Gasteiger partial charge in [0.2, 0.25) is 0 Å². The fourth-order valence-electron chi connectivity index (χ4n) is 0.827. The van der Waals surface area contributed by atoms with E-state index in [9.17, 15) is 53.8 Å². The van der Waals surface area contributed by atoms with E-state index in [1.54, 1.807) is 0 Å². The normalized spacial score (nSPS) is 16.8. The maximum atomic E-state index is 12.8. The third kappa shape index (κ3) is 4.42. The Hall–Kier alpha value is 0.366. The maximum Gasteiger partial charge on any atom is 1.00 e. The van der Waals surface area contributed by atoms with Crippen LogP contribution in [-0.2, 0) is 4.79 Å². The number of carbonyl (C=O) groups is 1. The number of alkyl halides is 10. The number of nitrogens with zero attached hydrogens (tertiary/aromatic N) is 1. The summed E-state index contributed by atoms with van der Waals surface area (Å²) in [4.78, 5) is 6.02. The average molecular weight is 335 g/mol. The molecule has 0 radical (unpaired) electrons. The van der Waals surface area contributed by atoms with Gasteiger partial charge in [0.1, 0.15) is 5.97 Å². The smallest absolute Gasteiger partial charge is 0.545 e. The van der Waals surface area contributed by atoms with Gasteiger partial charge in [0.05, 0.1) is 0 Å². The van der Waals surface area contributed by atoms with Crippen LogP contribution in [0.25, 0.3) is 0 Å². The van der Waals surface area contributed by atoms with E-state index >= 15 is 0 Å². The van der Waals surface area contributed by atoms with E-state index in [1.165, 1.54) is 0 Å². The molecule has 0 aliphatic carbocycles. The number of carboxylic acid groups (broad SMARTS) is 1. The molecule has 1 unspecified atom stereocenters. The molecule has 0 aromatic heterocycles. The fraction of sp³-hybridized carbons (Fsp3) is 0.800. The number of halogens is 10. The molecule has 1 atom stereocenters. The zero-order valence-electron chi connectivity index (χ0n) is 8.54. The van der Waals surface area contributed by atoms with E-state index in [2.05, 4.69) is 0 Å². The van der Waals surface area contributed by atoms with Crippen molar-refractivity contribution < 1.29 is 105 Å². The van der Waals surface area contributed by atoms with Crippen LogP contribution < -0.4 is 56.5 Å². The Bertz CT molecular complexity index is 320. The van der Waals surface area contributed by atoms with Crippen LogP contribution in [-0.4, -0.2) is 35.4 Å². The Morgan fingerprint density at radius 1 is 0.789 bits per heavy atom. The SMILES string of the molecule is O=C([O-])C(F)(N(C(F)(F)F)C(F)(F)F)C(F)(F)F.[K+]. The second kappa shape index (κ2) is 6.01. The molecule has 0 aliphatic heterocycles. The Kier molecular flexibility index (Phi) is 6.85. The van der Waals surface area contributed by atoms with Gasteiger partial charge in [-0.05, 0) is 0 Å². The zero-order valence-corrected chi connectivity index (χ0v) is 11.7. The average Bonchev–Trinajstić information content (AvgIpc) is 1.94. The molecular formula is C5F10KNO2. The Balaban J connectivity index is 0. The predicted molar refractivity (Wildman–Crippen MR) is 28.9 cm³/mol. The molecule has 0 aliphatic rings. The third-order valence-electron chi connectivity index (χ3n) is 1.46. The molecule has 3 nitrogen and oxygen atoms in total. The number of hydrogen-bond donors (Lipinski definition) is 0. The molecule has 0 aromatic carbocycles. The van der Waals surface area contributed by atoms with Crippen LogP contribution in [0.15, 0.2) is 0 Å². The van der Waals surface area contributed by atoms with Gasteiger partial charge in [-0.3, -0.25) is 0 Å². The standard InChI is InChI=1S/C5HF10NO2.K/c6-2(1(17)18,3(7,8)9)16(4(10,11)12)5(13,14)15;/h(H,17,18);/q;+1/p-1. The van der Waals surface area contributed by atoms with Crippen molar-refractivity contribution in [3.05, 3.63) is 0 Å². The number of aliphatic carboxylic acids is 1. The summed E-state index contributed by atoms with van der Waals surface area (Å²) in [5.41, 5.74) is 0. The molecule has 0 saturated heterocycles. The summed E-state index contributed by atoms with van der Waals surface area (Å²) < 4.78 is 119. The van der Waals surface area contributed by atoms with Crippen LogP contribution in [0.5, 0.6) is 0 Å². The van der Waals surface area contributed by atoms with Gasteiger partial charge in [-0.2, -0.15) is 39.5 Å². The molecule has 0 aromatic rings. The maximum absolute atomic E-state index is 12.8. The Morgan fingerprint density at radius 3 is 1.11 bits per heavy atom. The Morgan fingerprint density at radius 2 is 1.05 bits per heavy atom. The van der Waals surface area contributed by atoms with Gasteiger partial charge in [0, 0.05) is 0 Å². The van der Waals surface area contributed by atoms with Gasteiger partial charge < -0.3 is 9.90 Å². The molecule has 14 heteroatoms. The summed E-state index contributed by atoms with van der Waals surface area (Å²) in [7, 11) is 0. The molecule has 0 fully saturated rings. The number of carbonyl (C=O) groups excluding carboxylic acids is 1. The van der Waals surface area contributed by atoms with E-state index in [0.717, 1.165) is 0 Å². The van der Waals surface area contributed by atoms with E-state index < -0.39 is 35.4 Å². The second-order valence-corrected chi connectivity index (χ2v) is 2.68. The topological polar surface area (TPSA) is 43.4 Å². The fourth-order valence-corrected chi connectivity index (χ4v) is 0.827. The van der Waals surface area contributed by atoms with Gasteiger partial charge in [-0.1, -0.05) is 4.90 Å². The molecule has 0 heterocycles. The van der Waals surface area contributed by atoms with Crippen LogP contribution >= 0.6 is 0 Å². The summed E-state index contributed by atoms with van der Waals surface area (Å²) in [6.45, 7) is 0.